The van der Waals surface area contributed by atoms with E-state index in [4.69, 9.17) is 9.15 Å². The molecule has 2 aromatic rings. The number of carbonyl (C=O) groups is 1. The SMILES string of the molecule is CC(C)NC(=O)c1cc(=O)c(OCc2ccccc2F)co1. The molecule has 0 aliphatic heterocycles. The molecule has 2 rings (SSSR count). The zero-order valence-corrected chi connectivity index (χ0v) is 12.3. The molecule has 1 N–H and O–H groups in total. The highest BCUT2D eigenvalue weighted by Gasteiger charge is 2.13. The number of hydrogen-bond acceptors (Lipinski definition) is 4. The Labute approximate surface area is 126 Å². The van der Waals surface area contributed by atoms with Crippen molar-refractivity contribution in [1.29, 1.82) is 0 Å². The van der Waals surface area contributed by atoms with Crippen molar-refractivity contribution in [1.82, 2.24) is 5.32 Å². The fourth-order valence-corrected chi connectivity index (χ4v) is 1.73. The van der Waals surface area contributed by atoms with Gasteiger partial charge in [0.25, 0.3) is 5.91 Å². The number of benzene rings is 1. The van der Waals surface area contributed by atoms with E-state index in [0.29, 0.717) is 5.56 Å². The first-order valence-electron chi connectivity index (χ1n) is 6.77. The number of ether oxygens (including phenoxy) is 1. The van der Waals surface area contributed by atoms with E-state index in [-0.39, 0.29) is 24.2 Å². The van der Waals surface area contributed by atoms with E-state index in [2.05, 4.69) is 5.32 Å². The summed E-state index contributed by atoms with van der Waals surface area (Å²) in [5.74, 6) is -1.08. The standard InChI is InChI=1S/C16H16FNO4/c1-10(2)18-16(20)14-7-13(19)15(9-22-14)21-8-11-5-3-4-6-12(11)17/h3-7,9-10H,8H2,1-2H3,(H,18,20). The van der Waals surface area contributed by atoms with E-state index in [1.165, 1.54) is 6.07 Å². The molecular formula is C16H16FNO4. The Bertz CT molecular complexity index is 724. The molecule has 1 heterocycles. The molecule has 22 heavy (non-hydrogen) atoms. The van der Waals surface area contributed by atoms with Gasteiger partial charge < -0.3 is 14.5 Å². The molecule has 0 fully saturated rings. The minimum absolute atomic E-state index is 0.0743. The van der Waals surface area contributed by atoms with Crippen molar-refractivity contribution in [2.75, 3.05) is 0 Å². The molecule has 1 aromatic heterocycles. The van der Waals surface area contributed by atoms with Gasteiger partial charge in [0.1, 0.15) is 18.7 Å². The van der Waals surface area contributed by atoms with Gasteiger partial charge in [-0.1, -0.05) is 18.2 Å². The Morgan fingerprint density at radius 3 is 2.73 bits per heavy atom. The normalized spacial score (nSPS) is 10.5. The summed E-state index contributed by atoms with van der Waals surface area (Å²) in [4.78, 5) is 23.6. The number of halogens is 1. The fraction of sp³-hybridized carbons (Fsp3) is 0.250. The van der Waals surface area contributed by atoms with Gasteiger partial charge in [0.05, 0.1) is 0 Å². The monoisotopic (exact) mass is 305 g/mol. The average Bonchev–Trinajstić information content (AvgIpc) is 2.46. The molecule has 5 nitrogen and oxygen atoms in total. The van der Waals surface area contributed by atoms with E-state index in [1.807, 2.05) is 0 Å². The highest BCUT2D eigenvalue weighted by atomic mass is 19.1. The van der Waals surface area contributed by atoms with Gasteiger partial charge in [-0.15, -0.1) is 0 Å². The van der Waals surface area contributed by atoms with Gasteiger partial charge in [-0.3, -0.25) is 9.59 Å². The molecule has 1 aromatic carbocycles. The Balaban J connectivity index is 2.09. The maximum atomic E-state index is 13.4. The minimum atomic E-state index is -0.503. The van der Waals surface area contributed by atoms with Crippen LogP contribution in [0, 0.1) is 5.82 Å². The molecule has 6 heteroatoms. The summed E-state index contributed by atoms with van der Waals surface area (Å²) in [7, 11) is 0. The van der Waals surface area contributed by atoms with Gasteiger partial charge >= 0.3 is 0 Å². The predicted octanol–water partition coefficient (Wildman–Crippen LogP) is 2.50. The largest absolute Gasteiger partial charge is 0.482 e. The Hall–Kier alpha value is -2.63. The molecule has 0 saturated carbocycles. The lowest BCUT2D eigenvalue weighted by Crippen LogP contribution is -2.30. The molecule has 116 valence electrons. The Morgan fingerprint density at radius 1 is 1.36 bits per heavy atom. The van der Waals surface area contributed by atoms with E-state index >= 15 is 0 Å². The lowest BCUT2D eigenvalue weighted by Gasteiger charge is -2.08. The molecule has 0 bridgehead atoms. The molecule has 0 unspecified atom stereocenters. The third-order valence-electron chi connectivity index (χ3n) is 2.78. The molecule has 0 saturated heterocycles. The zero-order chi connectivity index (χ0) is 16.1. The number of hydrogen-bond donors (Lipinski definition) is 1. The van der Waals surface area contributed by atoms with Crippen molar-refractivity contribution in [3.63, 3.8) is 0 Å². The van der Waals surface area contributed by atoms with Crippen molar-refractivity contribution >= 4 is 5.91 Å². The molecule has 1 amide bonds. The second kappa shape index (κ2) is 6.89. The molecule has 0 radical (unpaired) electrons. The maximum absolute atomic E-state index is 13.4. The first-order valence-corrected chi connectivity index (χ1v) is 6.77. The third-order valence-corrected chi connectivity index (χ3v) is 2.78. The van der Waals surface area contributed by atoms with Crippen molar-refractivity contribution in [2.45, 2.75) is 26.5 Å². The lowest BCUT2D eigenvalue weighted by atomic mass is 10.2. The molecule has 0 atom stereocenters. The van der Waals surface area contributed by atoms with Crippen LogP contribution >= 0.6 is 0 Å². The zero-order valence-electron chi connectivity index (χ0n) is 12.3. The summed E-state index contributed by atoms with van der Waals surface area (Å²) in [6, 6.07) is 7.07. The highest BCUT2D eigenvalue weighted by molar-refractivity contribution is 5.91. The van der Waals surface area contributed by atoms with Crippen molar-refractivity contribution in [3.8, 4) is 5.75 Å². The van der Waals surface area contributed by atoms with Crippen molar-refractivity contribution in [2.24, 2.45) is 0 Å². The van der Waals surface area contributed by atoms with E-state index in [9.17, 15) is 14.0 Å². The van der Waals surface area contributed by atoms with Crippen molar-refractivity contribution in [3.05, 3.63) is 64.0 Å². The van der Waals surface area contributed by atoms with E-state index in [0.717, 1.165) is 12.3 Å². The summed E-state index contributed by atoms with van der Waals surface area (Å²) in [5.41, 5.74) is -0.181. The molecule has 0 aliphatic rings. The van der Waals surface area contributed by atoms with Gasteiger partial charge in [-0.05, 0) is 19.9 Å². The second-order valence-electron chi connectivity index (χ2n) is 4.98. The maximum Gasteiger partial charge on any atom is 0.287 e. The summed E-state index contributed by atoms with van der Waals surface area (Å²) in [6.45, 7) is 3.48. The predicted molar refractivity (Wildman–Crippen MR) is 78.3 cm³/mol. The van der Waals surface area contributed by atoms with Crippen molar-refractivity contribution < 1.29 is 18.3 Å². The quantitative estimate of drug-likeness (QED) is 0.921. The Morgan fingerprint density at radius 2 is 2.09 bits per heavy atom. The Kier molecular flexibility index (Phi) is 4.93. The van der Waals surface area contributed by atoms with Gasteiger partial charge in [-0.2, -0.15) is 0 Å². The minimum Gasteiger partial charge on any atom is -0.482 e. The average molecular weight is 305 g/mol. The number of carbonyl (C=O) groups excluding carboxylic acids is 1. The highest BCUT2D eigenvalue weighted by Crippen LogP contribution is 2.11. The molecular weight excluding hydrogens is 289 g/mol. The third kappa shape index (κ3) is 3.94. The topological polar surface area (TPSA) is 68.5 Å². The van der Waals surface area contributed by atoms with Gasteiger partial charge in [0.15, 0.2) is 5.76 Å². The van der Waals surface area contributed by atoms with E-state index < -0.39 is 17.2 Å². The molecule has 0 spiro atoms. The van der Waals surface area contributed by atoms with Gasteiger partial charge in [-0.25, -0.2) is 4.39 Å². The summed E-state index contributed by atoms with van der Waals surface area (Å²) < 4.78 is 23.8. The first kappa shape index (κ1) is 15.8. The number of amides is 1. The molecule has 0 aliphatic carbocycles. The van der Waals surface area contributed by atoms with Crippen LogP contribution in [0.4, 0.5) is 4.39 Å². The van der Waals surface area contributed by atoms with Crippen LogP contribution in [0.3, 0.4) is 0 Å². The van der Waals surface area contributed by atoms with Crippen LogP contribution in [0.15, 0.2) is 45.8 Å². The van der Waals surface area contributed by atoms with Crippen LogP contribution in [0.2, 0.25) is 0 Å². The lowest BCUT2D eigenvalue weighted by molar-refractivity contribution is 0.0911. The number of nitrogens with one attached hydrogen (secondary N) is 1. The van der Waals surface area contributed by atoms with Crippen LogP contribution in [0.25, 0.3) is 0 Å². The van der Waals surface area contributed by atoms with Crippen LogP contribution in [0.5, 0.6) is 5.75 Å². The van der Waals surface area contributed by atoms with Crippen LogP contribution in [-0.4, -0.2) is 11.9 Å². The van der Waals surface area contributed by atoms with E-state index in [1.54, 1.807) is 32.0 Å². The van der Waals surface area contributed by atoms with Crippen LogP contribution in [0.1, 0.15) is 30.0 Å². The smallest absolute Gasteiger partial charge is 0.287 e. The fourth-order valence-electron chi connectivity index (χ4n) is 1.73. The van der Waals surface area contributed by atoms with Crippen LogP contribution < -0.4 is 15.5 Å². The van der Waals surface area contributed by atoms with Crippen LogP contribution in [-0.2, 0) is 6.61 Å². The second-order valence-corrected chi connectivity index (χ2v) is 4.98. The van der Waals surface area contributed by atoms with Gasteiger partial charge in [0, 0.05) is 17.7 Å². The summed E-state index contributed by atoms with van der Waals surface area (Å²) in [5, 5.41) is 2.61. The van der Waals surface area contributed by atoms with Gasteiger partial charge in [0.2, 0.25) is 11.2 Å². The summed E-state index contributed by atoms with van der Waals surface area (Å²) >= 11 is 0. The number of rotatable bonds is 5. The summed E-state index contributed by atoms with van der Waals surface area (Å²) in [6.07, 6.45) is 1.05. The first-order chi connectivity index (χ1) is 10.5.